The van der Waals surface area contributed by atoms with Crippen molar-refractivity contribution in [2.45, 2.75) is 20.3 Å². The Morgan fingerprint density at radius 2 is 1.89 bits per heavy atom. The van der Waals surface area contributed by atoms with Gasteiger partial charge in [0.25, 0.3) is 0 Å². The van der Waals surface area contributed by atoms with E-state index < -0.39 is 0 Å². The fourth-order valence-corrected chi connectivity index (χ4v) is 4.04. The number of fused-ring (bicyclic) bond motifs is 1. The highest BCUT2D eigenvalue weighted by Gasteiger charge is 2.20. The lowest BCUT2D eigenvalue weighted by Crippen LogP contribution is -2.51. The lowest BCUT2D eigenvalue weighted by molar-refractivity contribution is 0.381. The molecule has 2 aliphatic rings. The molecule has 7 heteroatoms. The largest absolute Gasteiger partial charge is 0.383 e. The number of hydrogen-bond acceptors (Lipinski definition) is 5. The summed E-state index contributed by atoms with van der Waals surface area (Å²) in [5.41, 5.74) is 9.89. The van der Waals surface area contributed by atoms with Crippen molar-refractivity contribution in [1.29, 1.82) is 0 Å². The summed E-state index contributed by atoms with van der Waals surface area (Å²) >= 11 is 5.59. The molecular weight excluding hydrogens is 368 g/mol. The lowest BCUT2D eigenvalue weighted by atomic mass is 10.1. The molecule has 28 heavy (non-hydrogen) atoms. The number of hydrogen-bond donors (Lipinski definition) is 2. The highest BCUT2D eigenvalue weighted by atomic mass is 32.1. The van der Waals surface area contributed by atoms with E-state index in [4.69, 9.17) is 12.2 Å². The van der Waals surface area contributed by atoms with Crippen LogP contribution in [0.2, 0.25) is 0 Å². The van der Waals surface area contributed by atoms with Crippen LogP contribution in [0.1, 0.15) is 23.2 Å². The van der Waals surface area contributed by atoms with Crippen LogP contribution in [0.25, 0.3) is 0 Å². The third-order valence-electron chi connectivity index (χ3n) is 5.18. The number of thiocarbonyl (C=S) groups is 1. The van der Waals surface area contributed by atoms with E-state index in [2.05, 4.69) is 62.7 Å². The smallest absolute Gasteiger partial charge is 0.189 e. The second kappa shape index (κ2) is 8.14. The number of benzene rings is 1. The molecule has 1 aromatic carbocycles. The Bertz CT molecular complexity index is 881. The average molecular weight is 395 g/mol. The summed E-state index contributed by atoms with van der Waals surface area (Å²) in [4.78, 5) is 9.07. The molecule has 0 atom stereocenters. The van der Waals surface area contributed by atoms with Crippen LogP contribution in [0.4, 0.5) is 11.4 Å². The van der Waals surface area contributed by atoms with Crippen molar-refractivity contribution in [3.63, 3.8) is 0 Å². The van der Waals surface area contributed by atoms with Gasteiger partial charge in [0.15, 0.2) is 5.11 Å². The van der Waals surface area contributed by atoms with Crippen molar-refractivity contribution in [3.05, 3.63) is 53.3 Å². The van der Waals surface area contributed by atoms with Gasteiger partial charge in [0.05, 0.1) is 11.4 Å². The molecule has 0 unspecified atom stereocenters. The van der Waals surface area contributed by atoms with Gasteiger partial charge >= 0.3 is 0 Å². The van der Waals surface area contributed by atoms with Crippen LogP contribution < -0.4 is 15.6 Å². The van der Waals surface area contributed by atoms with Gasteiger partial charge in [0.1, 0.15) is 5.69 Å². The minimum Gasteiger partial charge on any atom is -0.383 e. The summed E-state index contributed by atoms with van der Waals surface area (Å²) in [6.45, 7) is 8.85. The number of nitrogens with one attached hydrogen (secondary N) is 2. The number of anilines is 2. The number of rotatable bonds is 2. The summed E-state index contributed by atoms with van der Waals surface area (Å²) in [5.74, 6) is 0. The molecule has 2 aliphatic heterocycles. The Morgan fingerprint density at radius 3 is 2.64 bits per heavy atom. The highest BCUT2D eigenvalue weighted by molar-refractivity contribution is 7.80. The van der Waals surface area contributed by atoms with Crippen LogP contribution in [0.15, 0.2) is 41.6 Å². The average Bonchev–Trinajstić information content (AvgIpc) is 2.71. The van der Waals surface area contributed by atoms with E-state index >= 15 is 0 Å². The number of aromatic nitrogens is 1. The van der Waals surface area contributed by atoms with Crippen molar-refractivity contribution in [2.24, 2.45) is 5.10 Å². The standard InChI is InChI=1S/C21H26N6S/c1-15-12-16(2)14-17(13-15)26-8-10-27(11-9-26)21(28)25-24-19-5-7-22-18-4-3-6-23-20(18)19/h3-4,6,12-14,22H,5,7-11H2,1-2H3,(H,25,28)/b24-19-. The molecule has 0 spiro atoms. The van der Waals surface area contributed by atoms with Crippen LogP contribution in [0, 0.1) is 13.8 Å². The van der Waals surface area contributed by atoms with Gasteiger partial charge in [0.2, 0.25) is 0 Å². The van der Waals surface area contributed by atoms with Gasteiger partial charge in [-0.05, 0) is 61.5 Å². The molecule has 2 N–H and O–H groups in total. The maximum atomic E-state index is 5.59. The van der Waals surface area contributed by atoms with Crippen molar-refractivity contribution in [1.82, 2.24) is 15.3 Å². The SMILES string of the molecule is Cc1cc(C)cc(N2CCN(C(=S)N/N=C3/CCNc4cccnc43)CC2)c1. The van der Waals surface area contributed by atoms with E-state index in [1.54, 1.807) is 6.20 Å². The predicted molar refractivity (Wildman–Crippen MR) is 119 cm³/mol. The van der Waals surface area contributed by atoms with E-state index in [1.165, 1.54) is 16.8 Å². The molecule has 3 heterocycles. The zero-order valence-corrected chi connectivity index (χ0v) is 17.2. The van der Waals surface area contributed by atoms with Gasteiger partial charge < -0.3 is 15.1 Å². The Labute approximate surface area is 171 Å². The molecule has 4 rings (SSSR count). The third-order valence-corrected chi connectivity index (χ3v) is 5.53. The molecule has 1 saturated heterocycles. The molecule has 1 aromatic heterocycles. The molecule has 0 saturated carbocycles. The Morgan fingerprint density at radius 1 is 1.14 bits per heavy atom. The number of hydrazone groups is 1. The second-order valence-corrected chi connectivity index (χ2v) is 7.76. The summed E-state index contributed by atoms with van der Waals surface area (Å²) < 4.78 is 0. The first-order chi connectivity index (χ1) is 13.6. The van der Waals surface area contributed by atoms with Crippen molar-refractivity contribution < 1.29 is 0 Å². The molecule has 6 nitrogen and oxygen atoms in total. The fraction of sp³-hybridized carbons (Fsp3) is 0.381. The normalized spacial score (nSPS) is 17.9. The fourth-order valence-electron chi connectivity index (χ4n) is 3.81. The predicted octanol–water partition coefficient (Wildman–Crippen LogP) is 2.91. The summed E-state index contributed by atoms with van der Waals surface area (Å²) in [7, 11) is 0. The van der Waals surface area contributed by atoms with Gasteiger partial charge in [0, 0.05) is 51.0 Å². The van der Waals surface area contributed by atoms with Crippen LogP contribution in [-0.4, -0.2) is 53.4 Å². The summed E-state index contributed by atoms with van der Waals surface area (Å²) in [6.07, 6.45) is 2.63. The first-order valence-electron chi connectivity index (χ1n) is 9.74. The van der Waals surface area contributed by atoms with Crippen molar-refractivity contribution in [2.75, 3.05) is 42.9 Å². The first kappa shape index (κ1) is 18.7. The van der Waals surface area contributed by atoms with Gasteiger partial charge in [-0.3, -0.25) is 10.4 Å². The molecule has 2 aromatic rings. The van der Waals surface area contributed by atoms with Crippen LogP contribution in [-0.2, 0) is 0 Å². The number of pyridine rings is 1. The highest BCUT2D eigenvalue weighted by Crippen LogP contribution is 2.21. The monoisotopic (exact) mass is 394 g/mol. The summed E-state index contributed by atoms with van der Waals surface area (Å²) in [6, 6.07) is 10.7. The van der Waals surface area contributed by atoms with Crippen molar-refractivity contribution >= 4 is 34.4 Å². The van der Waals surface area contributed by atoms with E-state index in [0.717, 1.165) is 56.2 Å². The molecule has 0 radical (unpaired) electrons. The molecule has 146 valence electrons. The molecule has 1 fully saturated rings. The Balaban J connectivity index is 1.36. The van der Waals surface area contributed by atoms with Gasteiger partial charge in [-0.2, -0.15) is 5.10 Å². The van der Waals surface area contributed by atoms with E-state index in [-0.39, 0.29) is 0 Å². The molecular formula is C21H26N6S. The van der Waals surface area contributed by atoms with E-state index in [1.807, 2.05) is 12.1 Å². The van der Waals surface area contributed by atoms with Crippen LogP contribution in [0.5, 0.6) is 0 Å². The number of nitrogens with zero attached hydrogens (tertiary/aromatic N) is 4. The maximum Gasteiger partial charge on any atom is 0.189 e. The topological polar surface area (TPSA) is 55.8 Å². The van der Waals surface area contributed by atoms with Crippen molar-refractivity contribution in [3.8, 4) is 0 Å². The van der Waals surface area contributed by atoms with Gasteiger partial charge in [-0.15, -0.1) is 0 Å². The minimum atomic E-state index is 0.684. The lowest BCUT2D eigenvalue weighted by Gasteiger charge is -2.37. The molecule has 0 amide bonds. The Kier molecular flexibility index (Phi) is 5.43. The Hall–Kier alpha value is -2.67. The van der Waals surface area contributed by atoms with Crippen LogP contribution in [0.3, 0.4) is 0 Å². The van der Waals surface area contributed by atoms with Crippen LogP contribution >= 0.6 is 12.2 Å². The maximum absolute atomic E-state index is 5.59. The van der Waals surface area contributed by atoms with E-state index in [0.29, 0.717) is 5.11 Å². The zero-order chi connectivity index (χ0) is 19.5. The first-order valence-corrected chi connectivity index (χ1v) is 10.1. The number of piperazine rings is 1. The molecule has 0 bridgehead atoms. The van der Waals surface area contributed by atoms with Gasteiger partial charge in [-0.1, -0.05) is 6.07 Å². The van der Waals surface area contributed by atoms with E-state index in [9.17, 15) is 0 Å². The number of aryl methyl sites for hydroxylation is 2. The minimum absolute atomic E-state index is 0.684. The summed E-state index contributed by atoms with van der Waals surface area (Å²) in [5, 5.41) is 8.60. The second-order valence-electron chi connectivity index (χ2n) is 7.37. The quantitative estimate of drug-likeness (QED) is 0.603. The molecule has 0 aliphatic carbocycles. The van der Waals surface area contributed by atoms with Gasteiger partial charge in [-0.25, -0.2) is 0 Å². The third kappa shape index (κ3) is 4.09. The zero-order valence-electron chi connectivity index (χ0n) is 16.4.